The number of methoxy groups -OCH3 is 1. The van der Waals surface area contributed by atoms with Crippen LogP contribution < -0.4 is 10.2 Å². The standard InChI is InChI=1S/C23H23ClN2O4/c1-25(2)10-5-11-26-20(14-6-4-7-16(12-14)29-3)19-21(27)17-13-15(24)8-9-18(17)30-22(19)23(26)28/h4,6-9,12-13,20H,5,10-11H2,1-3H3/t20-/m0/s1. The number of benzene rings is 2. The number of nitrogens with zero attached hydrogens (tertiary/aromatic N) is 2. The van der Waals surface area contributed by atoms with Crippen LogP contribution in [0.3, 0.4) is 0 Å². The van der Waals surface area contributed by atoms with E-state index in [1.165, 1.54) is 0 Å². The predicted octanol–water partition coefficient (Wildman–Crippen LogP) is 3.95. The fraction of sp³-hybridized carbons (Fsp3) is 0.304. The molecule has 0 fully saturated rings. The Morgan fingerprint density at radius 1 is 1.17 bits per heavy atom. The van der Waals surface area contributed by atoms with Crippen LogP contribution in [0.15, 0.2) is 51.7 Å². The van der Waals surface area contributed by atoms with E-state index < -0.39 is 6.04 Å². The van der Waals surface area contributed by atoms with Crippen molar-refractivity contribution in [3.05, 3.63) is 74.6 Å². The highest BCUT2D eigenvalue weighted by Gasteiger charge is 2.42. The first-order chi connectivity index (χ1) is 14.4. The Hall–Kier alpha value is -2.83. The van der Waals surface area contributed by atoms with E-state index >= 15 is 0 Å². The summed E-state index contributed by atoms with van der Waals surface area (Å²) in [5, 5.41) is 0.817. The molecule has 0 bridgehead atoms. The lowest BCUT2D eigenvalue weighted by molar-refractivity contribution is 0.0722. The second-order valence-corrected chi connectivity index (χ2v) is 8.09. The van der Waals surface area contributed by atoms with Crippen LogP contribution in [0.25, 0.3) is 11.0 Å². The van der Waals surface area contributed by atoms with Crippen LogP contribution in [0, 0.1) is 0 Å². The van der Waals surface area contributed by atoms with E-state index in [2.05, 4.69) is 4.90 Å². The number of carbonyl (C=O) groups excluding carboxylic acids is 1. The maximum atomic E-state index is 13.4. The van der Waals surface area contributed by atoms with E-state index in [0.717, 1.165) is 18.5 Å². The normalized spacial score (nSPS) is 15.8. The van der Waals surface area contributed by atoms with Gasteiger partial charge in [0.05, 0.1) is 24.1 Å². The summed E-state index contributed by atoms with van der Waals surface area (Å²) in [4.78, 5) is 30.5. The Morgan fingerprint density at radius 2 is 1.97 bits per heavy atom. The molecule has 0 saturated heterocycles. The Bertz CT molecular complexity index is 1170. The zero-order valence-electron chi connectivity index (χ0n) is 17.1. The smallest absolute Gasteiger partial charge is 0.290 e. The fourth-order valence-electron chi connectivity index (χ4n) is 3.94. The zero-order chi connectivity index (χ0) is 21.4. The van der Waals surface area contributed by atoms with Crippen LogP contribution in [0.5, 0.6) is 5.75 Å². The minimum Gasteiger partial charge on any atom is -0.497 e. The molecule has 7 heteroatoms. The van der Waals surface area contributed by atoms with Crippen molar-refractivity contribution in [2.24, 2.45) is 0 Å². The molecular formula is C23H23ClN2O4. The number of rotatable bonds is 6. The number of hydrogen-bond acceptors (Lipinski definition) is 5. The van der Waals surface area contributed by atoms with E-state index in [-0.39, 0.29) is 17.1 Å². The molecule has 1 aliphatic heterocycles. The first-order valence-corrected chi connectivity index (χ1v) is 10.1. The summed E-state index contributed by atoms with van der Waals surface area (Å²) < 4.78 is 11.3. The lowest BCUT2D eigenvalue weighted by atomic mass is 9.98. The van der Waals surface area contributed by atoms with Crippen molar-refractivity contribution in [1.82, 2.24) is 9.80 Å². The third-order valence-corrected chi connectivity index (χ3v) is 5.58. The second-order valence-electron chi connectivity index (χ2n) is 7.65. The Kier molecular flexibility index (Phi) is 5.54. The molecule has 156 valence electrons. The van der Waals surface area contributed by atoms with Crippen LogP contribution in [0.4, 0.5) is 0 Å². The average Bonchev–Trinajstić information content (AvgIpc) is 3.01. The van der Waals surface area contributed by atoms with Crippen molar-refractivity contribution in [3.63, 3.8) is 0 Å². The first-order valence-electron chi connectivity index (χ1n) is 9.76. The third kappa shape index (κ3) is 3.57. The van der Waals surface area contributed by atoms with Gasteiger partial charge in [-0.25, -0.2) is 0 Å². The highest BCUT2D eigenvalue weighted by molar-refractivity contribution is 6.31. The molecule has 0 radical (unpaired) electrons. The van der Waals surface area contributed by atoms with Gasteiger partial charge >= 0.3 is 0 Å². The molecule has 1 atom stereocenters. The van der Waals surface area contributed by atoms with E-state index in [1.54, 1.807) is 30.2 Å². The minimum atomic E-state index is -0.538. The summed E-state index contributed by atoms with van der Waals surface area (Å²) in [5.74, 6) is 0.493. The molecule has 0 spiro atoms. The first kappa shape index (κ1) is 20.4. The van der Waals surface area contributed by atoms with Crippen LogP contribution in [-0.2, 0) is 0 Å². The molecule has 0 N–H and O–H groups in total. The van der Waals surface area contributed by atoms with Crippen molar-refractivity contribution in [1.29, 1.82) is 0 Å². The van der Waals surface area contributed by atoms with Gasteiger partial charge in [-0.3, -0.25) is 9.59 Å². The number of hydrogen-bond donors (Lipinski definition) is 0. The van der Waals surface area contributed by atoms with Crippen molar-refractivity contribution in [2.75, 3.05) is 34.3 Å². The molecule has 1 aromatic heterocycles. The van der Waals surface area contributed by atoms with Gasteiger partial charge in [0.15, 0.2) is 5.43 Å². The van der Waals surface area contributed by atoms with E-state index in [9.17, 15) is 9.59 Å². The highest BCUT2D eigenvalue weighted by Crippen LogP contribution is 2.39. The molecule has 2 heterocycles. The maximum Gasteiger partial charge on any atom is 0.290 e. The fourth-order valence-corrected chi connectivity index (χ4v) is 4.11. The Balaban J connectivity index is 1.89. The van der Waals surface area contributed by atoms with Gasteiger partial charge in [-0.05, 0) is 63.0 Å². The summed E-state index contributed by atoms with van der Waals surface area (Å²) in [5.41, 5.74) is 1.29. The summed E-state index contributed by atoms with van der Waals surface area (Å²) in [6, 6.07) is 11.8. The molecule has 2 aromatic carbocycles. The summed E-state index contributed by atoms with van der Waals surface area (Å²) >= 11 is 6.11. The van der Waals surface area contributed by atoms with Crippen molar-refractivity contribution in [3.8, 4) is 5.75 Å². The van der Waals surface area contributed by atoms with Crippen LogP contribution >= 0.6 is 11.6 Å². The molecule has 1 amide bonds. The Morgan fingerprint density at radius 3 is 2.70 bits per heavy atom. The largest absolute Gasteiger partial charge is 0.497 e. The molecule has 1 aliphatic rings. The summed E-state index contributed by atoms with van der Waals surface area (Å²) in [6.45, 7) is 1.32. The SMILES string of the molecule is COc1cccc([C@H]2c3c(oc4ccc(Cl)cc4c3=O)C(=O)N2CCCN(C)C)c1. The van der Waals surface area contributed by atoms with Gasteiger partial charge in [0, 0.05) is 11.6 Å². The molecule has 0 saturated carbocycles. The third-order valence-electron chi connectivity index (χ3n) is 5.34. The second kappa shape index (κ2) is 8.13. The molecule has 0 aliphatic carbocycles. The molecule has 3 aromatic rings. The van der Waals surface area contributed by atoms with Gasteiger partial charge in [-0.1, -0.05) is 23.7 Å². The van der Waals surface area contributed by atoms with Gasteiger partial charge in [-0.15, -0.1) is 0 Å². The van der Waals surface area contributed by atoms with Crippen LogP contribution in [-0.4, -0.2) is 50.0 Å². The predicted molar refractivity (Wildman–Crippen MR) is 117 cm³/mol. The molecular weight excluding hydrogens is 404 g/mol. The van der Waals surface area contributed by atoms with E-state index in [4.69, 9.17) is 20.8 Å². The van der Waals surface area contributed by atoms with Gasteiger partial charge in [0.25, 0.3) is 5.91 Å². The quantitative estimate of drug-likeness (QED) is 0.597. The summed E-state index contributed by atoms with van der Waals surface area (Å²) in [7, 11) is 5.56. The van der Waals surface area contributed by atoms with Crippen LogP contribution in [0.2, 0.25) is 5.02 Å². The van der Waals surface area contributed by atoms with Gasteiger partial charge in [0.1, 0.15) is 11.3 Å². The van der Waals surface area contributed by atoms with E-state index in [0.29, 0.717) is 33.8 Å². The lowest BCUT2D eigenvalue weighted by Gasteiger charge is -2.26. The number of halogens is 1. The monoisotopic (exact) mass is 426 g/mol. The summed E-state index contributed by atoms with van der Waals surface area (Å²) in [6.07, 6.45) is 0.771. The Labute approximate surface area is 179 Å². The zero-order valence-corrected chi connectivity index (χ0v) is 17.9. The number of fused-ring (bicyclic) bond motifs is 2. The topological polar surface area (TPSA) is 63.0 Å². The minimum absolute atomic E-state index is 0.104. The molecule has 4 rings (SSSR count). The van der Waals surface area contributed by atoms with Crippen molar-refractivity contribution in [2.45, 2.75) is 12.5 Å². The van der Waals surface area contributed by atoms with E-state index in [1.807, 2.05) is 38.4 Å². The number of carbonyl (C=O) groups is 1. The van der Waals surface area contributed by atoms with Crippen molar-refractivity contribution >= 4 is 28.5 Å². The van der Waals surface area contributed by atoms with Crippen LogP contribution in [0.1, 0.15) is 34.1 Å². The lowest BCUT2D eigenvalue weighted by Crippen LogP contribution is -2.32. The highest BCUT2D eigenvalue weighted by atomic mass is 35.5. The number of amides is 1. The number of ether oxygens (including phenoxy) is 1. The van der Waals surface area contributed by atoms with Gasteiger partial charge in [-0.2, -0.15) is 0 Å². The van der Waals surface area contributed by atoms with Gasteiger partial charge in [0.2, 0.25) is 5.76 Å². The van der Waals surface area contributed by atoms with Gasteiger partial charge < -0.3 is 19.0 Å². The molecule has 30 heavy (non-hydrogen) atoms. The van der Waals surface area contributed by atoms with Crippen molar-refractivity contribution < 1.29 is 13.9 Å². The average molecular weight is 427 g/mol. The molecule has 6 nitrogen and oxygen atoms in total. The maximum absolute atomic E-state index is 13.4. The molecule has 0 unspecified atom stereocenters.